The normalized spacial score (nSPS) is 7.00. The van der Waals surface area contributed by atoms with E-state index in [9.17, 15) is 0 Å². The highest BCUT2D eigenvalue weighted by Crippen LogP contribution is 1.65. The van der Waals surface area contributed by atoms with Gasteiger partial charge in [-0.3, -0.25) is 0 Å². The molecule has 0 aliphatic rings. The van der Waals surface area contributed by atoms with Gasteiger partial charge in [0.05, 0.1) is 0 Å². The number of rotatable bonds is 0. The predicted molar refractivity (Wildman–Crippen MR) is 37.6 cm³/mol. The highest BCUT2D eigenvalue weighted by molar-refractivity contribution is 8.59. The number of hydrogen-bond acceptors (Lipinski definition) is 3. The number of nitrogens with zero attached hydrogens (tertiary/aromatic N) is 1. The van der Waals surface area contributed by atoms with Crippen LogP contribution in [-0.4, -0.2) is 26.0 Å². The van der Waals surface area contributed by atoms with Crippen molar-refractivity contribution < 1.29 is 0 Å². The maximum Gasteiger partial charge on any atom is -0.0140 e. The average Bonchev–Trinajstić information content (AvgIpc) is 1.41. The summed E-state index contributed by atoms with van der Waals surface area (Å²) in [6, 6.07) is 0. The van der Waals surface area contributed by atoms with E-state index in [1.54, 1.807) is 0 Å². The largest absolute Gasteiger partial charge is 0.312 e. The lowest BCUT2D eigenvalue weighted by molar-refractivity contribution is 0.505. The molecule has 0 rings (SSSR count). The van der Waals surface area contributed by atoms with E-state index in [0.717, 1.165) is 0 Å². The molecule has 0 saturated heterocycles. The van der Waals surface area contributed by atoms with Gasteiger partial charge in [-0.15, -0.1) is 23.3 Å². The smallest absolute Gasteiger partial charge is 0.0140 e. The van der Waals surface area contributed by atoms with Gasteiger partial charge in [0.2, 0.25) is 0 Å². The summed E-state index contributed by atoms with van der Waals surface area (Å²) >= 11 is 6.44. The van der Waals surface area contributed by atoms with Gasteiger partial charge >= 0.3 is 0 Å². The van der Waals surface area contributed by atoms with Crippen LogP contribution in [0.3, 0.4) is 0 Å². The van der Waals surface area contributed by atoms with Crippen LogP contribution in [0.5, 0.6) is 0 Å². The zero-order valence-electron chi connectivity index (χ0n) is 4.34. The maximum atomic E-state index is 3.22. The lowest BCUT2D eigenvalue weighted by Gasteiger charge is -1.90. The Kier molecular flexibility index (Phi) is 15.0. The first-order chi connectivity index (χ1) is 2.73. The minimum atomic E-state index is 2.00. The number of hydrogen-bond donors (Lipinski definition) is 2. The Morgan fingerprint density at radius 3 is 1.00 bits per heavy atom. The Morgan fingerprint density at radius 2 is 1.00 bits per heavy atom. The summed E-state index contributed by atoms with van der Waals surface area (Å²) in [5, 5.41) is 0. The van der Waals surface area contributed by atoms with Crippen LogP contribution in [0.1, 0.15) is 0 Å². The van der Waals surface area contributed by atoms with Gasteiger partial charge in [0, 0.05) is 0 Å². The van der Waals surface area contributed by atoms with Gasteiger partial charge in [-0.05, 0) is 21.1 Å². The molecular weight excluding hydrogens is 114 g/mol. The van der Waals surface area contributed by atoms with E-state index < -0.39 is 0 Å². The minimum absolute atomic E-state index is 2.00. The molecule has 0 fully saturated rings. The maximum absolute atomic E-state index is 3.22. The molecule has 0 aromatic carbocycles. The van der Waals surface area contributed by atoms with E-state index in [1.807, 2.05) is 26.0 Å². The Balaban J connectivity index is 0. The summed E-state index contributed by atoms with van der Waals surface area (Å²) in [7, 11) is 6.00. The molecule has 1 nitrogen and oxygen atoms in total. The van der Waals surface area contributed by atoms with Gasteiger partial charge in [0.1, 0.15) is 0 Å². The van der Waals surface area contributed by atoms with Gasteiger partial charge in [0.25, 0.3) is 0 Å². The summed E-state index contributed by atoms with van der Waals surface area (Å²) in [5.41, 5.74) is 0. The Bertz CT molecular complexity index is 13.5. The van der Waals surface area contributed by atoms with Crippen molar-refractivity contribution >= 4 is 23.3 Å². The van der Waals surface area contributed by atoms with Crippen molar-refractivity contribution in [3.8, 4) is 0 Å². The summed E-state index contributed by atoms with van der Waals surface area (Å²) in [6.07, 6.45) is 0. The Hall–Kier alpha value is 0.660. The lowest BCUT2D eigenvalue weighted by atomic mass is 11.0. The Morgan fingerprint density at radius 1 is 1.00 bits per heavy atom. The van der Waals surface area contributed by atoms with E-state index in [0.29, 0.717) is 0 Å². The molecule has 0 unspecified atom stereocenters. The van der Waals surface area contributed by atoms with E-state index in [4.69, 9.17) is 0 Å². The molecule has 0 aromatic rings. The molecule has 0 amide bonds. The molecule has 0 spiro atoms. The zero-order valence-corrected chi connectivity index (χ0v) is 6.13. The zero-order chi connectivity index (χ0) is 5.58. The summed E-state index contributed by atoms with van der Waals surface area (Å²) in [4.78, 5) is 2.00. The second-order valence-electron chi connectivity index (χ2n) is 1.34. The second-order valence-corrected chi connectivity index (χ2v) is 1.34. The first-order valence-corrected chi connectivity index (χ1v) is 3.14. The molecule has 0 radical (unpaired) electrons. The fourth-order valence-corrected chi connectivity index (χ4v) is 0. The third-order valence-corrected chi connectivity index (χ3v) is 0. The number of thiol groups is 2. The third-order valence-electron chi connectivity index (χ3n) is 0. The SMILES string of the molecule is CN(C)C.SS. The topological polar surface area (TPSA) is 3.24 Å². The summed E-state index contributed by atoms with van der Waals surface area (Å²) < 4.78 is 0. The van der Waals surface area contributed by atoms with Crippen molar-refractivity contribution in [2.24, 2.45) is 0 Å². The van der Waals surface area contributed by atoms with Crippen LogP contribution in [0.15, 0.2) is 0 Å². The van der Waals surface area contributed by atoms with E-state index >= 15 is 0 Å². The molecule has 0 saturated carbocycles. The van der Waals surface area contributed by atoms with Crippen molar-refractivity contribution in [2.45, 2.75) is 0 Å². The Labute approximate surface area is 49.9 Å². The standard InChI is InChI=1S/C3H9N.H2S2/c1-4(2)3;1-2/h1-3H3;1-2H. The molecule has 6 heavy (non-hydrogen) atoms. The lowest BCUT2D eigenvalue weighted by Crippen LogP contribution is -1.99. The van der Waals surface area contributed by atoms with Crippen molar-refractivity contribution in [1.29, 1.82) is 0 Å². The highest BCUT2D eigenvalue weighted by Gasteiger charge is 1.58. The van der Waals surface area contributed by atoms with Gasteiger partial charge in [-0.25, -0.2) is 0 Å². The molecule has 0 aliphatic heterocycles. The monoisotopic (exact) mass is 125 g/mol. The van der Waals surface area contributed by atoms with Crippen molar-refractivity contribution in [3.05, 3.63) is 0 Å². The minimum Gasteiger partial charge on any atom is -0.312 e. The van der Waals surface area contributed by atoms with E-state index in [-0.39, 0.29) is 0 Å². The van der Waals surface area contributed by atoms with Crippen molar-refractivity contribution in [2.75, 3.05) is 21.1 Å². The van der Waals surface area contributed by atoms with Crippen LogP contribution in [-0.2, 0) is 0 Å². The third kappa shape index (κ3) is 143. The summed E-state index contributed by atoms with van der Waals surface area (Å²) in [5.74, 6) is 0. The predicted octanol–water partition coefficient (Wildman–Crippen LogP) is 0.939. The van der Waals surface area contributed by atoms with Crippen molar-refractivity contribution in [1.82, 2.24) is 4.90 Å². The summed E-state index contributed by atoms with van der Waals surface area (Å²) in [6.45, 7) is 0. The molecule has 0 bridgehead atoms. The first kappa shape index (κ1) is 9.83. The van der Waals surface area contributed by atoms with Crippen molar-refractivity contribution in [3.63, 3.8) is 0 Å². The highest BCUT2D eigenvalue weighted by atomic mass is 33.1. The molecule has 0 heterocycles. The van der Waals surface area contributed by atoms with Crippen LogP contribution in [0.25, 0.3) is 0 Å². The second kappa shape index (κ2) is 9.18. The van der Waals surface area contributed by atoms with E-state index in [1.165, 1.54) is 0 Å². The molecule has 0 aliphatic carbocycles. The van der Waals surface area contributed by atoms with Gasteiger partial charge in [-0.2, -0.15) is 0 Å². The quantitative estimate of drug-likeness (QED) is 0.360. The van der Waals surface area contributed by atoms with Gasteiger partial charge < -0.3 is 4.90 Å². The van der Waals surface area contributed by atoms with E-state index in [2.05, 4.69) is 23.3 Å². The first-order valence-electron chi connectivity index (χ1n) is 1.54. The van der Waals surface area contributed by atoms with Crippen LogP contribution in [0.2, 0.25) is 0 Å². The average molecular weight is 125 g/mol. The molecule has 3 heteroatoms. The van der Waals surface area contributed by atoms with Crippen LogP contribution >= 0.6 is 23.3 Å². The molecule has 0 N–H and O–H groups in total. The van der Waals surface area contributed by atoms with Crippen LogP contribution in [0.4, 0.5) is 0 Å². The molecule has 40 valence electrons. The van der Waals surface area contributed by atoms with Gasteiger partial charge in [-0.1, -0.05) is 0 Å². The van der Waals surface area contributed by atoms with Crippen LogP contribution < -0.4 is 0 Å². The fourth-order valence-electron chi connectivity index (χ4n) is 0. The molecular formula is C3H11NS2. The fraction of sp³-hybridized carbons (Fsp3) is 1.00. The van der Waals surface area contributed by atoms with Gasteiger partial charge in [0.15, 0.2) is 0 Å². The molecule has 0 aromatic heterocycles. The molecule has 0 atom stereocenters. The van der Waals surface area contributed by atoms with Crippen LogP contribution in [0, 0.1) is 0 Å².